The van der Waals surface area contributed by atoms with Crippen LogP contribution in [0.5, 0.6) is 0 Å². The Morgan fingerprint density at radius 3 is 2.50 bits per heavy atom. The summed E-state index contributed by atoms with van der Waals surface area (Å²) in [6, 6.07) is 2.98. The van der Waals surface area contributed by atoms with Gasteiger partial charge in [-0.3, -0.25) is 5.32 Å². The molecule has 0 aliphatic rings. The molecule has 3 heteroatoms. The van der Waals surface area contributed by atoms with Crippen LogP contribution in [0.4, 0.5) is 0 Å². The molecule has 1 N–H and O–H groups in total. The van der Waals surface area contributed by atoms with Gasteiger partial charge in [0, 0.05) is 12.6 Å². The van der Waals surface area contributed by atoms with Crippen LogP contribution in [0.25, 0.3) is 0 Å². The molecule has 0 aliphatic carbocycles. The highest BCUT2D eigenvalue weighted by Gasteiger charge is 2.23. The molecule has 16 heavy (non-hydrogen) atoms. The van der Waals surface area contributed by atoms with Gasteiger partial charge in [0.05, 0.1) is 6.07 Å². The second-order valence-corrected chi connectivity index (χ2v) is 4.86. The fourth-order valence-electron chi connectivity index (χ4n) is 1.52. The minimum absolute atomic E-state index is 0.377. The Morgan fingerprint density at radius 1 is 1.44 bits per heavy atom. The van der Waals surface area contributed by atoms with Crippen LogP contribution in [-0.4, -0.2) is 36.6 Å². The Hall–Kier alpha value is -0.590. The summed E-state index contributed by atoms with van der Waals surface area (Å²) in [6.07, 6.45) is 3.10. The molecule has 0 fully saturated rings. The lowest BCUT2D eigenvalue weighted by atomic mass is 9.99. The van der Waals surface area contributed by atoms with Crippen molar-refractivity contribution in [2.24, 2.45) is 0 Å². The third kappa shape index (κ3) is 5.48. The minimum Gasteiger partial charge on any atom is -0.304 e. The van der Waals surface area contributed by atoms with Gasteiger partial charge in [0.25, 0.3) is 0 Å². The lowest BCUT2D eigenvalue weighted by molar-refractivity contribution is 0.227. The zero-order chi connectivity index (χ0) is 12.6. The van der Waals surface area contributed by atoms with Crippen LogP contribution in [0.15, 0.2) is 0 Å². The zero-order valence-corrected chi connectivity index (χ0v) is 11.5. The maximum Gasteiger partial charge on any atom is 0.105 e. The highest BCUT2D eigenvalue weighted by Crippen LogP contribution is 2.11. The van der Waals surface area contributed by atoms with Crippen molar-refractivity contribution in [2.45, 2.75) is 58.5 Å². The number of hydrogen-bond acceptors (Lipinski definition) is 3. The molecule has 0 saturated heterocycles. The predicted octanol–water partition coefficient (Wildman–Crippen LogP) is 2.39. The Bertz CT molecular complexity index is 222. The van der Waals surface area contributed by atoms with E-state index in [4.69, 9.17) is 0 Å². The summed E-state index contributed by atoms with van der Waals surface area (Å²) in [4.78, 5) is 2.32. The van der Waals surface area contributed by atoms with Gasteiger partial charge < -0.3 is 4.90 Å². The van der Waals surface area contributed by atoms with E-state index < -0.39 is 0 Å². The molecule has 94 valence electrons. The average Bonchev–Trinajstić information content (AvgIpc) is 2.32. The van der Waals surface area contributed by atoms with Crippen molar-refractivity contribution in [1.29, 1.82) is 5.26 Å². The van der Waals surface area contributed by atoms with Gasteiger partial charge in [-0.25, -0.2) is 0 Å². The smallest absolute Gasteiger partial charge is 0.105 e. The van der Waals surface area contributed by atoms with E-state index in [2.05, 4.69) is 44.1 Å². The summed E-state index contributed by atoms with van der Waals surface area (Å²) in [5, 5.41) is 12.5. The van der Waals surface area contributed by atoms with Gasteiger partial charge in [0.15, 0.2) is 0 Å². The molecule has 0 heterocycles. The molecular weight excluding hydrogens is 198 g/mol. The number of nitriles is 1. The van der Waals surface area contributed by atoms with Crippen LogP contribution in [0.2, 0.25) is 0 Å². The quantitative estimate of drug-likeness (QED) is 0.689. The first-order valence-corrected chi connectivity index (χ1v) is 6.35. The molecule has 0 spiro atoms. The molecule has 0 aromatic carbocycles. The second-order valence-electron chi connectivity index (χ2n) is 4.86. The van der Waals surface area contributed by atoms with E-state index in [1.807, 2.05) is 6.92 Å². The molecule has 0 aromatic rings. The van der Waals surface area contributed by atoms with Gasteiger partial charge in [-0.1, -0.05) is 13.8 Å². The minimum atomic E-state index is -0.377. The number of rotatable bonds is 8. The Morgan fingerprint density at radius 2 is 2.06 bits per heavy atom. The average molecular weight is 225 g/mol. The SMILES string of the molecule is CCCNC(C)(C#N)CCN(C)C(C)CC. The predicted molar refractivity (Wildman–Crippen MR) is 69.3 cm³/mol. The maximum atomic E-state index is 9.19. The molecule has 2 atom stereocenters. The van der Waals surface area contributed by atoms with Crippen molar-refractivity contribution < 1.29 is 0 Å². The number of hydrogen-bond donors (Lipinski definition) is 1. The van der Waals surface area contributed by atoms with E-state index in [1.54, 1.807) is 0 Å². The fraction of sp³-hybridized carbons (Fsp3) is 0.923. The van der Waals surface area contributed by atoms with Crippen LogP contribution < -0.4 is 5.32 Å². The topological polar surface area (TPSA) is 39.1 Å². The van der Waals surface area contributed by atoms with E-state index >= 15 is 0 Å². The van der Waals surface area contributed by atoms with Crippen LogP contribution in [0.1, 0.15) is 47.0 Å². The lowest BCUT2D eigenvalue weighted by Crippen LogP contribution is -2.44. The molecule has 0 bridgehead atoms. The molecular formula is C13H27N3. The Balaban J connectivity index is 4.09. The first-order chi connectivity index (χ1) is 7.49. The van der Waals surface area contributed by atoms with Gasteiger partial charge >= 0.3 is 0 Å². The fourth-order valence-corrected chi connectivity index (χ4v) is 1.52. The largest absolute Gasteiger partial charge is 0.304 e. The van der Waals surface area contributed by atoms with E-state index in [1.165, 1.54) is 0 Å². The summed E-state index contributed by atoms with van der Waals surface area (Å²) in [5.74, 6) is 0. The van der Waals surface area contributed by atoms with Crippen LogP contribution in [-0.2, 0) is 0 Å². The molecule has 0 radical (unpaired) electrons. The van der Waals surface area contributed by atoms with Gasteiger partial charge in [0.1, 0.15) is 5.54 Å². The van der Waals surface area contributed by atoms with Crippen molar-refractivity contribution in [3.05, 3.63) is 0 Å². The number of nitrogens with zero attached hydrogens (tertiary/aromatic N) is 2. The van der Waals surface area contributed by atoms with Crippen molar-refractivity contribution in [1.82, 2.24) is 10.2 Å². The van der Waals surface area contributed by atoms with Crippen molar-refractivity contribution >= 4 is 0 Å². The van der Waals surface area contributed by atoms with E-state index in [9.17, 15) is 5.26 Å². The molecule has 0 amide bonds. The first kappa shape index (κ1) is 15.4. The highest BCUT2D eigenvalue weighted by atomic mass is 15.1. The number of nitrogens with one attached hydrogen (secondary N) is 1. The summed E-state index contributed by atoms with van der Waals surface area (Å²) in [7, 11) is 2.13. The maximum absolute atomic E-state index is 9.19. The van der Waals surface area contributed by atoms with Crippen LogP contribution in [0.3, 0.4) is 0 Å². The standard InChI is InChI=1S/C13H27N3/c1-6-9-15-13(4,11-14)8-10-16(5)12(3)7-2/h12,15H,6-10H2,1-5H3. The second kappa shape index (κ2) is 7.65. The van der Waals surface area contributed by atoms with Gasteiger partial charge in [-0.15, -0.1) is 0 Å². The van der Waals surface area contributed by atoms with Gasteiger partial charge in [-0.05, 0) is 46.7 Å². The van der Waals surface area contributed by atoms with E-state index in [-0.39, 0.29) is 5.54 Å². The van der Waals surface area contributed by atoms with Gasteiger partial charge in [0.2, 0.25) is 0 Å². The van der Waals surface area contributed by atoms with Crippen molar-refractivity contribution in [2.75, 3.05) is 20.1 Å². The molecule has 0 aliphatic heterocycles. The first-order valence-electron chi connectivity index (χ1n) is 6.35. The van der Waals surface area contributed by atoms with E-state index in [0.29, 0.717) is 6.04 Å². The summed E-state index contributed by atoms with van der Waals surface area (Å²) >= 11 is 0. The highest BCUT2D eigenvalue weighted by molar-refractivity contribution is 5.03. The Labute approximate surface area is 101 Å². The van der Waals surface area contributed by atoms with Crippen molar-refractivity contribution in [3.63, 3.8) is 0 Å². The zero-order valence-electron chi connectivity index (χ0n) is 11.5. The summed E-state index contributed by atoms with van der Waals surface area (Å²) < 4.78 is 0. The third-order valence-electron chi connectivity index (χ3n) is 3.32. The molecule has 0 saturated carbocycles. The normalized spacial score (nSPS) is 16.8. The van der Waals surface area contributed by atoms with E-state index in [0.717, 1.165) is 32.4 Å². The monoisotopic (exact) mass is 225 g/mol. The van der Waals surface area contributed by atoms with Crippen LogP contribution in [0, 0.1) is 11.3 Å². The van der Waals surface area contributed by atoms with Crippen molar-refractivity contribution in [3.8, 4) is 6.07 Å². The van der Waals surface area contributed by atoms with Gasteiger partial charge in [-0.2, -0.15) is 5.26 Å². The molecule has 2 unspecified atom stereocenters. The molecule has 3 nitrogen and oxygen atoms in total. The Kier molecular flexibility index (Phi) is 7.36. The molecule has 0 rings (SSSR count). The third-order valence-corrected chi connectivity index (χ3v) is 3.32. The van der Waals surface area contributed by atoms with Crippen LogP contribution >= 0.6 is 0 Å². The summed E-state index contributed by atoms with van der Waals surface area (Å²) in [6.45, 7) is 10.4. The molecule has 0 aromatic heterocycles. The summed E-state index contributed by atoms with van der Waals surface area (Å²) in [5.41, 5.74) is -0.377. The lowest BCUT2D eigenvalue weighted by Gasteiger charge is -2.29.